The Hall–Kier alpha value is -3.33. The Kier molecular flexibility index (Phi) is 5.65. The van der Waals surface area contributed by atoms with E-state index in [-0.39, 0.29) is 17.0 Å². The van der Waals surface area contributed by atoms with Crippen LogP contribution < -0.4 is 16.0 Å². The van der Waals surface area contributed by atoms with Gasteiger partial charge in [0, 0.05) is 61.0 Å². The fraction of sp³-hybridized carbons (Fsp3) is 0.263. The van der Waals surface area contributed by atoms with E-state index in [2.05, 4.69) is 15.3 Å². The van der Waals surface area contributed by atoms with Gasteiger partial charge in [-0.2, -0.15) is 0 Å². The fourth-order valence-corrected chi connectivity index (χ4v) is 3.12. The Labute approximate surface area is 161 Å². The highest BCUT2D eigenvalue weighted by Crippen LogP contribution is 2.26. The molecule has 0 unspecified atom stereocenters. The quantitative estimate of drug-likeness (QED) is 0.378. The number of allylic oxidation sites excluding steroid dienone is 1. The first-order valence-electron chi connectivity index (χ1n) is 8.76. The van der Waals surface area contributed by atoms with Crippen LogP contribution in [0.3, 0.4) is 0 Å². The van der Waals surface area contributed by atoms with Gasteiger partial charge in [0.2, 0.25) is 0 Å². The summed E-state index contributed by atoms with van der Waals surface area (Å²) in [5.41, 5.74) is 7.23. The molecule has 1 aromatic carbocycles. The Balaban J connectivity index is 1.99. The molecule has 146 valence electrons. The lowest BCUT2D eigenvalue weighted by atomic mass is 9.98. The third-order valence-corrected chi connectivity index (χ3v) is 4.57. The normalized spacial score (nSPS) is 16.9. The zero-order chi connectivity index (χ0) is 20.3. The average molecular weight is 383 g/mol. The van der Waals surface area contributed by atoms with Gasteiger partial charge in [-0.25, -0.2) is 14.4 Å². The van der Waals surface area contributed by atoms with Gasteiger partial charge in [-0.05, 0) is 18.6 Å². The maximum Gasteiger partial charge on any atom is 0.133 e. The van der Waals surface area contributed by atoms with Crippen LogP contribution in [-0.4, -0.2) is 53.2 Å². The number of hydrogen-bond donors (Lipinski definition) is 5. The van der Waals surface area contributed by atoms with E-state index in [0.717, 1.165) is 12.3 Å². The number of halogens is 1. The molecule has 1 saturated heterocycles. The van der Waals surface area contributed by atoms with Gasteiger partial charge in [-0.1, -0.05) is 0 Å². The lowest BCUT2D eigenvalue weighted by Gasteiger charge is -2.17. The molecule has 0 saturated carbocycles. The molecule has 8 nitrogen and oxygen atoms in total. The van der Waals surface area contributed by atoms with E-state index in [1.165, 1.54) is 18.6 Å². The molecule has 9 heteroatoms. The number of benzene rings is 1. The molecule has 2 heterocycles. The molecule has 6 N–H and O–H groups in total. The second kappa shape index (κ2) is 8.13. The Morgan fingerprint density at radius 3 is 2.79 bits per heavy atom. The minimum Gasteiger partial charge on any atom is -0.398 e. The van der Waals surface area contributed by atoms with Crippen LogP contribution in [0, 0.1) is 16.6 Å². The van der Waals surface area contributed by atoms with Crippen LogP contribution >= 0.6 is 0 Å². The second-order valence-corrected chi connectivity index (χ2v) is 6.48. The highest BCUT2D eigenvalue weighted by molar-refractivity contribution is 6.15. The number of nitrogens with zero attached hydrogens (tertiary/aromatic N) is 3. The van der Waals surface area contributed by atoms with Gasteiger partial charge in [-0.3, -0.25) is 5.41 Å². The number of anilines is 2. The molecule has 28 heavy (non-hydrogen) atoms. The van der Waals surface area contributed by atoms with Crippen molar-refractivity contribution < 1.29 is 9.50 Å². The fourth-order valence-electron chi connectivity index (χ4n) is 3.12. The first-order chi connectivity index (χ1) is 13.4. The molecule has 0 radical (unpaired) electrons. The minimum atomic E-state index is -0.575. The van der Waals surface area contributed by atoms with Crippen LogP contribution in [0.25, 0.3) is 5.57 Å². The van der Waals surface area contributed by atoms with E-state index in [9.17, 15) is 9.50 Å². The number of hydrogen-bond acceptors (Lipinski definition) is 8. The maximum absolute atomic E-state index is 14.4. The predicted molar refractivity (Wildman–Crippen MR) is 107 cm³/mol. The van der Waals surface area contributed by atoms with Crippen molar-refractivity contribution in [2.75, 3.05) is 30.8 Å². The van der Waals surface area contributed by atoms with Crippen molar-refractivity contribution in [3.8, 4) is 0 Å². The van der Waals surface area contributed by atoms with Crippen molar-refractivity contribution in [2.24, 2.45) is 0 Å². The van der Waals surface area contributed by atoms with E-state index in [4.69, 9.17) is 16.6 Å². The van der Waals surface area contributed by atoms with Gasteiger partial charge in [0.25, 0.3) is 0 Å². The van der Waals surface area contributed by atoms with Gasteiger partial charge in [0.15, 0.2) is 0 Å². The largest absolute Gasteiger partial charge is 0.398 e. The van der Waals surface area contributed by atoms with E-state index in [1.54, 1.807) is 13.1 Å². The molecular weight excluding hydrogens is 361 g/mol. The first kappa shape index (κ1) is 19.4. The van der Waals surface area contributed by atoms with Crippen molar-refractivity contribution >= 4 is 29.0 Å². The number of aromatic nitrogens is 2. The average Bonchev–Trinajstić information content (AvgIpc) is 3.13. The van der Waals surface area contributed by atoms with Crippen LogP contribution in [0.4, 0.5) is 15.9 Å². The molecule has 2 aromatic rings. The number of aliphatic hydroxyl groups is 1. The summed E-state index contributed by atoms with van der Waals surface area (Å²) in [6.07, 6.45) is 4.15. The molecule has 1 aliphatic rings. The highest BCUT2D eigenvalue weighted by Gasteiger charge is 2.23. The smallest absolute Gasteiger partial charge is 0.133 e. The molecule has 1 aromatic heterocycles. The molecule has 0 amide bonds. The topological polar surface area (TPSA) is 135 Å². The van der Waals surface area contributed by atoms with Gasteiger partial charge in [0.05, 0.1) is 17.5 Å². The van der Waals surface area contributed by atoms with Crippen molar-refractivity contribution in [1.29, 1.82) is 10.8 Å². The SMILES string of the molecule is CN/C=C(\C=N)c1cc(C(=N)c2cc(N3CC[C@H](O)C3)ncn2)c(N)cc1F. The third-order valence-electron chi connectivity index (χ3n) is 4.57. The molecule has 1 atom stereocenters. The zero-order valence-corrected chi connectivity index (χ0v) is 15.4. The van der Waals surface area contributed by atoms with Crippen LogP contribution in [0.1, 0.15) is 23.2 Å². The summed E-state index contributed by atoms with van der Waals surface area (Å²) in [4.78, 5) is 10.3. The molecule has 0 aliphatic carbocycles. The summed E-state index contributed by atoms with van der Waals surface area (Å²) in [7, 11) is 1.65. The van der Waals surface area contributed by atoms with Gasteiger partial charge >= 0.3 is 0 Å². The van der Waals surface area contributed by atoms with Crippen LogP contribution in [0.15, 0.2) is 30.7 Å². The molecule has 1 aliphatic heterocycles. The lowest BCUT2D eigenvalue weighted by Crippen LogP contribution is -2.23. The van der Waals surface area contributed by atoms with Crippen molar-refractivity contribution in [3.63, 3.8) is 0 Å². The van der Waals surface area contributed by atoms with Crippen LogP contribution in [-0.2, 0) is 0 Å². The second-order valence-electron chi connectivity index (χ2n) is 6.48. The number of nitrogen functional groups attached to an aromatic ring is 1. The monoisotopic (exact) mass is 383 g/mol. The van der Waals surface area contributed by atoms with E-state index in [1.807, 2.05) is 4.90 Å². The highest BCUT2D eigenvalue weighted by atomic mass is 19.1. The summed E-state index contributed by atoms with van der Waals surface area (Å²) in [5, 5.41) is 28.5. The zero-order valence-electron chi connectivity index (χ0n) is 15.4. The third kappa shape index (κ3) is 3.84. The number of rotatable bonds is 6. The lowest BCUT2D eigenvalue weighted by molar-refractivity contribution is 0.198. The van der Waals surface area contributed by atoms with E-state index in [0.29, 0.717) is 42.2 Å². The Morgan fingerprint density at radius 1 is 1.36 bits per heavy atom. The summed E-state index contributed by atoms with van der Waals surface area (Å²) in [6, 6.07) is 4.25. The van der Waals surface area contributed by atoms with Crippen molar-refractivity contribution in [2.45, 2.75) is 12.5 Å². The van der Waals surface area contributed by atoms with Crippen LogP contribution in [0.2, 0.25) is 0 Å². The Bertz CT molecular complexity index is 944. The number of β-amino-alcohol motifs (C(OH)–C–C–N with tert-alkyl or cyclic N) is 1. The van der Waals surface area contributed by atoms with Crippen LogP contribution in [0.5, 0.6) is 0 Å². The first-order valence-corrected chi connectivity index (χ1v) is 8.76. The standard InChI is InChI=1S/C19H22FN7O/c1-24-8-11(7-21)13-4-14(16(22)5-15(13)20)19(23)17-6-18(26-10-25-17)27-3-2-12(28)9-27/h4-8,10,12,21,23-24,28H,2-3,9,22H2,1H3/b11-8+,21-7?,23-19?/t12-/m0/s1. The summed E-state index contributed by atoms with van der Waals surface area (Å²) in [5.74, 6) is 0.0379. The van der Waals surface area contributed by atoms with Gasteiger partial charge < -0.3 is 26.5 Å². The molecule has 0 spiro atoms. The predicted octanol–water partition coefficient (Wildman–Crippen LogP) is 1.39. The molecule has 3 rings (SSSR count). The van der Waals surface area contributed by atoms with Crippen molar-refractivity contribution in [3.05, 3.63) is 53.4 Å². The van der Waals surface area contributed by atoms with E-state index < -0.39 is 11.9 Å². The number of aliphatic hydroxyl groups excluding tert-OH is 1. The Morgan fingerprint density at radius 2 is 2.14 bits per heavy atom. The molecule has 1 fully saturated rings. The molecular formula is C19H22FN7O. The summed E-state index contributed by atoms with van der Waals surface area (Å²) < 4.78 is 14.4. The maximum atomic E-state index is 14.4. The van der Waals surface area contributed by atoms with Crippen molar-refractivity contribution in [1.82, 2.24) is 15.3 Å². The number of nitrogens with one attached hydrogen (secondary N) is 3. The molecule has 0 bridgehead atoms. The summed E-state index contributed by atoms with van der Waals surface area (Å²) >= 11 is 0. The van der Waals surface area contributed by atoms with Gasteiger partial charge in [0.1, 0.15) is 18.0 Å². The minimum absolute atomic E-state index is 0.0240. The van der Waals surface area contributed by atoms with E-state index >= 15 is 0 Å². The summed E-state index contributed by atoms with van der Waals surface area (Å²) in [6.45, 7) is 1.15. The number of nitrogens with two attached hydrogens (primary N) is 1. The van der Waals surface area contributed by atoms with Gasteiger partial charge in [-0.15, -0.1) is 0 Å².